The molecular formula is C30H30N4O4. The van der Waals surface area contributed by atoms with E-state index in [0.717, 1.165) is 29.7 Å². The third kappa shape index (κ3) is 5.54. The molecule has 2 amide bonds. The van der Waals surface area contributed by atoms with Gasteiger partial charge in [0.2, 0.25) is 0 Å². The molecule has 1 saturated carbocycles. The lowest BCUT2D eigenvalue weighted by Crippen LogP contribution is -2.30. The summed E-state index contributed by atoms with van der Waals surface area (Å²) in [4.78, 5) is 25.7. The van der Waals surface area contributed by atoms with E-state index < -0.39 is 0 Å². The van der Waals surface area contributed by atoms with Gasteiger partial charge in [-0.25, -0.2) is 4.79 Å². The zero-order valence-electron chi connectivity index (χ0n) is 21.4. The van der Waals surface area contributed by atoms with Gasteiger partial charge in [0.15, 0.2) is 0 Å². The maximum atomic E-state index is 13.1. The van der Waals surface area contributed by atoms with Crippen molar-refractivity contribution >= 4 is 17.6 Å². The van der Waals surface area contributed by atoms with Crippen molar-refractivity contribution in [2.24, 2.45) is 0 Å². The minimum atomic E-state index is -0.305. The number of phenolic OH excluding ortho intramolecular Hbond substituents is 1. The fourth-order valence-corrected chi connectivity index (χ4v) is 4.31. The maximum Gasteiger partial charge on any atom is 0.342 e. The van der Waals surface area contributed by atoms with Gasteiger partial charge in [-0.15, -0.1) is 0 Å². The number of nitrogens with one attached hydrogen (secondary N) is 2. The molecule has 1 heterocycles. The number of aromatic hydroxyl groups is 1. The molecule has 3 aromatic carbocycles. The van der Waals surface area contributed by atoms with E-state index >= 15 is 0 Å². The van der Waals surface area contributed by atoms with Gasteiger partial charge >= 0.3 is 6.03 Å². The standard InChI is InChI=1S/C30H30N4O4/c1-3-38-24-13-10-21(11-14-24)29(36)32-23-12-15-25(28(35)16-23)26-17-27(20-8-9-20)34(33-26)30(37)31-18-22-7-5-4-6-19(22)2/h4-7,10-17,20,35H,3,8-9,18H2,1-2H3,(H,31,37)(H,32,36). The Hall–Kier alpha value is -4.59. The second-order valence-electron chi connectivity index (χ2n) is 9.37. The van der Waals surface area contributed by atoms with Gasteiger partial charge < -0.3 is 20.5 Å². The van der Waals surface area contributed by atoms with Gasteiger partial charge in [0.1, 0.15) is 11.5 Å². The maximum absolute atomic E-state index is 13.1. The number of hydrogen-bond acceptors (Lipinski definition) is 5. The molecule has 1 aromatic heterocycles. The highest BCUT2D eigenvalue weighted by molar-refractivity contribution is 6.04. The fourth-order valence-electron chi connectivity index (χ4n) is 4.31. The minimum absolute atomic E-state index is 0.0400. The molecule has 0 saturated heterocycles. The minimum Gasteiger partial charge on any atom is -0.507 e. The molecule has 8 heteroatoms. The zero-order chi connectivity index (χ0) is 26.6. The number of aromatic nitrogens is 2. The van der Waals surface area contributed by atoms with Crippen LogP contribution in [0.4, 0.5) is 10.5 Å². The molecule has 0 radical (unpaired) electrons. The first-order valence-corrected chi connectivity index (χ1v) is 12.7. The number of phenols is 1. The summed E-state index contributed by atoms with van der Waals surface area (Å²) in [6, 6.07) is 21.2. The molecule has 0 bridgehead atoms. The normalized spacial score (nSPS) is 12.7. The topological polar surface area (TPSA) is 105 Å². The predicted molar refractivity (Wildman–Crippen MR) is 146 cm³/mol. The van der Waals surface area contributed by atoms with Crippen molar-refractivity contribution in [1.29, 1.82) is 0 Å². The number of ether oxygens (including phenoxy) is 1. The highest BCUT2D eigenvalue weighted by Gasteiger charge is 2.30. The van der Waals surface area contributed by atoms with Crippen molar-refractivity contribution in [3.63, 3.8) is 0 Å². The number of rotatable bonds is 8. The average Bonchev–Trinajstić information content (AvgIpc) is 3.67. The first-order valence-electron chi connectivity index (χ1n) is 12.7. The van der Waals surface area contributed by atoms with Crippen LogP contribution in [0.15, 0.2) is 72.8 Å². The van der Waals surface area contributed by atoms with Crippen molar-refractivity contribution in [1.82, 2.24) is 15.1 Å². The molecule has 38 heavy (non-hydrogen) atoms. The summed E-state index contributed by atoms with van der Waals surface area (Å²) in [5, 5.41) is 21.1. The number of carbonyl (C=O) groups is 2. The Kier molecular flexibility index (Phi) is 7.13. The molecule has 8 nitrogen and oxygen atoms in total. The first kappa shape index (κ1) is 25.1. The van der Waals surface area contributed by atoms with Crippen LogP contribution in [0, 0.1) is 6.92 Å². The van der Waals surface area contributed by atoms with Gasteiger partial charge in [-0.05, 0) is 80.3 Å². The van der Waals surface area contributed by atoms with Crippen LogP contribution >= 0.6 is 0 Å². The van der Waals surface area contributed by atoms with Crippen LogP contribution in [0.5, 0.6) is 11.5 Å². The second kappa shape index (κ2) is 10.8. The van der Waals surface area contributed by atoms with E-state index in [1.807, 2.05) is 44.2 Å². The van der Waals surface area contributed by atoms with Crippen molar-refractivity contribution in [2.45, 2.75) is 39.2 Å². The van der Waals surface area contributed by atoms with Crippen LogP contribution in [-0.4, -0.2) is 33.4 Å². The van der Waals surface area contributed by atoms with E-state index in [4.69, 9.17) is 4.74 Å². The number of amides is 2. The molecule has 1 aliphatic carbocycles. The van der Waals surface area contributed by atoms with E-state index in [1.54, 1.807) is 36.4 Å². The third-order valence-electron chi connectivity index (χ3n) is 6.58. The predicted octanol–water partition coefficient (Wildman–Crippen LogP) is 5.85. The van der Waals surface area contributed by atoms with Gasteiger partial charge in [-0.3, -0.25) is 4.79 Å². The lowest BCUT2D eigenvalue weighted by atomic mass is 10.1. The van der Waals surface area contributed by atoms with Crippen LogP contribution in [0.2, 0.25) is 0 Å². The van der Waals surface area contributed by atoms with Crippen molar-refractivity contribution in [3.8, 4) is 22.8 Å². The summed E-state index contributed by atoms with van der Waals surface area (Å²) in [7, 11) is 0. The summed E-state index contributed by atoms with van der Waals surface area (Å²) in [6.45, 7) is 4.86. The molecule has 0 spiro atoms. The summed E-state index contributed by atoms with van der Waals surface area (Å²) >= 11 is 0. The Morgan fingerprint density at radius 2 is 1.82 bits per heavy atom. The Morgan fingerprint density at radius 1 is 1.05 bits per heavy atom. The lowest BCUT2D eigenvalue weighted by molar-refractivity contribution is 0.102. The van der Waals surface area contributed by atoms with E-state index in [9.17, 15) is 14.7 Å². The van der Waals surface area contributed by atoms with Gasteiger partial charge in [0, 0.05) is 35.3 Å². The molecule has 5 rings (SSSR count). The Morgan fingerprint density at radius 3 is 2.50 bits per heavy atom. The van der Waals surface area contributed by atoms with Crippen LogP contribution in [0.3, 0.4) is 0 Å². The number of benzene rings is 3. The Labute approximate surface area is 221 Å². The number of aryl methyl sites for hydroxylation is 1. The van der Waals surface area contributed by atoms with E-state index in [2.05, 4.69) is 15.7 Å². The van der Waals surface area contributed by atoms with Gasteiger partial charge in [0.05, 0.1) is 18.0 Å². The zero-order valence-corrected chi connectivity index (χ0v) is 21.4. The molecule has 194 valence electrons. The largest absolute Gasteiger partial charge is 0.507 e. The smallest absolute Gasteiger partial charge is 0.342 e. The van der Waals surface area contributed by atoms with Gasteiger partial charge in [-0.2, -0.15) is 9.78 Å². The third-order valence-corrected chi connectivity index (χ3v) is 6.58. The first-order chi connectivity index (χ1) is 18.4. The molecular weight excluding hydrogens is 480 g/mol. The van der Waals surface area contributed by atoms with Crippen LogP contribution < -0.4 is 15.4 Å². The summed E-state index contributed by atoms with van der Waals surface area (Å²) in [6.07, 6.45) is 2.00. The number of anilines is 1. The highest BCUT2D eigenvalue weighted by Crippen LogP contribution is 2.42. The molecule has 1 aliphatic rings. The van der Waals surface area contributed by atoms with E-state index in [-0.39, 0.29) is 23.6 Å². The van der Waals surface area contributed by atoms with Crippen LogP contribution in [0.25, 0.3) is 11.3 Å². The quantitative estimate of drug-likeness (QED) is 0.276. The van der Waals surface area contributed by atoms with Crippen molar-refractivity contribution in [2.75, 3.05) is 11.9 Å². The lowest BCUT2D eigenvalue weighted by Gasteiger charge is -2.10. The Balaban J connectivity index is 1.31. The summed E-state index contributed by atoms with van der Waals surface area (Å²) < 4.78 is 6.82. The number of hydrogen-bond donors (Lipinski definition) is 3. The Bertz CT molecular complexity index is 1470. The molecule has 1 fully saturated rings. The molecule has 4 aromatic rings. The molecule has 0 unspecified atom stereocenters. The van der Waals surface area contributed by atoms with Crippen LogP contribution in [0.1, 0.15) is 52.9 Å². The fraction of sp³-hybridized carbons (Fsp3) is 0.233. The van der Waals surface area contributed by atoms with Crippen molar-refractivity contribution < 1.29 is 19.4 Å². The SMILES string of the molecule is CCOc1ccc(C(=O)Nc2ccc(-c3cc(C4CC4)n(C(=O)NCc4ccccc4C)n3)c(O)c2)cc1. The highest BCUT2D eigenvalue weighted by atomic mass is 16.5. The number of carbonyl (C=O) groups excluding carboxylic acids is 2. The van der Waals surface area contributed by atoms with Crippen LogP contribution in [-0.2, 0) is 6.54 Å². The summed E-state index contributed by atoms with van der Waals surface area (Å²) in [5.41, 5.74) is 4.88. The molecule has 3 N–H and O–H groups in total. The average molecular weight is 511 g/mol. The number of nitrogens with zero attached hydrogens (tertiary/aromatic N) is 2. The molecule has 0 aliphatic heterocycles. The summed E-state index contributed by atoms with van der Waals surface area (Å²) in [5.74, 6) is 0.628. The van der Waals surface area contributed by atoms with Gasteiger partial charge in [0.25, 0.3) is 5.91 Å². The second-order valence-corrected chi connectivity index (χ2v) is 9.37. The van der Waals surface area contributed by atoms with E-state index in [1.165, 1.54) is 10.7 Å². The van der Waals surface area contributed by atoms with E-state index in [0.29, 0.717) is 41.4 Å². The molecule has 0 atom stereocenters. The van der Waals surface area contributed by atoms with Gasteiger partial charge in [-0.1, -0.05) is 24.3 Å². The van der Waals surface area contributed by atoms with Crippen molar-refractivity contribution in [3.05, 3.63) is 95.2 Å². The monoisotopic (exact) mass is 510 g/mol.